The minimum absolute atomic E-state index is 0.400. The van der Waals surface area contributed by atoms with Gasteiger partial charge in [-0.1, -0.05) is 23.2 Å². The molecule has 0 atom stereocenters. The van der Waals surface area contributed by atoms with Gasteiger partial charge < -0.3 is 14.5 Å². The number of methoxy groups -OCH3 is 2. The third-order valence-electron chi connectivity index (χ3n) is 5.19. The zero-order valence-electron chi connectivity index (χ0n) is 17.9. The molecule has 0 aliphatic heterocycles. The molecule has 11 heteroatoms. The number of fused-ring (bicyclic) bond motifs is 2. The van der Waals surface area contributed by atoms with Gasteiger partial charge in [0.2, 0.25) is 0 Å². The van der Waals surface area contributed by atoms with Crippen LogP contribution in [0.4, 0.5) is 0 Å². The van der Waals surface area contributed by atoms with Gasteiger partial charge in [0.05, 0.1) is 31.3 Å². The fourth-order valence-electron chi connectivity index (χ4n) is 3.68. The van der Waals surface area contributed by atoms with Crippen molar-refractivity contribution in [3.05, 3.63) is 52.7 Å². The van der Waals surface area contributed by atoms with Gasteiger partial charge in [-0.25, -0.2) is 15.0 Å². The minimum atomic E-state index is 0.400. The molecule has 33 heavy (non-hydrogen) atoms. The number of nitrogens with zero attached hydrogens (tertiary/aromatic N) is 5. The number of aromatic nitrogens is 6. The number of benzene rings is 1. The molecule has 4 heterocycles. The van der Waals surface area contributed by atoms with E-state index < -0.39 is 0 Å². The fourth-order valence-corrected chi connectivity index (χ4v) is 4.58. The maximum Gasteiger partial charge on any atom is 0.179 e. The molecule has 1 N–H and O–H groups in total. The molecule has 0 unspecified atom stereocenters. The van der Waals surface area contributed by atoms with Crippen molar-refractivity contribution in [2.45, 2.75) is 11.6 Å². The van der Waals surface area contributed by atoms with Gasteiger partial charge in [-0.15, -0.1) is 11.8 Å². The molecule has 0 bridgehead atoms. The lowest BCUT2D eigenvalue weighted by atomic mass is 10.0. The first-order valence-electron chi connectivity index (χ1n) is 9.84. The number of pyridine rings is 2. The SMILES string of the molecule is COc1cc(Cl)c(-c2cnc(SC)c3nn(Cc4nc5nc(Cl)ccc5[nH]4)cc23)cc1OC. The largest absolute Gasteiger partial charge is 0.493 e. The number of imidazole rings is 1. The van der Waals surface area contributed by atoms with Crippen molar-refractivity contribution < 1.29 is 9.47 Å². The lowest BCUT2D eigenvalue weighted by molar-refractivity contribution is 0.355. The lowest BCUT2D eigenvalue weighted by Gasteiger charge is -2.12. The van der Waals surface area contributed by atoms with Gasteiger partial charge in [-0.3, -0.25) is 4.68 Å². The third kappa shape index (κ3) is 3.96. The highest BCUT2D eigenvalue weighted by Gasteiger charge is 2.18. The highest BCUT2D eigenvalue weighted by molar-refractivity contribution is 7.98. The zero-order chi connectivity index (χ0) is 23.1. The molecule has 0 spiro atoms. The van der Waals surface area contributed by atoms with E-state index in [2.05, 4.69) is 19.9 Å². The standard InChI is InChI=1S/C22H18Cl2N6O2S/c1-31-16-6-11(14(23)7-17(16)32-2)12-8-25-22(33-3)20-13(12)9-30(29-20)10-19-26-15-4-5-18(24)27-21(15)28-19/h4-9H,10H2,1-3H3,(H,26,27,28). The summed E-state index contributed by atoms with van der Waals surface area (Å²) in [5, 5.41) is 7.45. The van der Waals surface area contributed by atoms with Gasteiger partial charge in [0.15, 0.2) is 17.1 Å². The van der Waals surface area contributed by atoms with Gasteiger partial charge in [0.1, 0.15) is 21.5 Å². The van der Waals surface area contributed by atoms with E-state index >= 15 is 0 Å². The number of nitrogens with one attached hydrogen (secondary N) is 1. The Morgan fingerprint density at radius 2 is 1.85 bits per heavy atom. The molecule has 5 aromatic rings. The molecular weight excluding hydrogens is 483 g/mol. The molecule has 8 nitrogen and oxygen atoms in total. The maximum absolute atomic E-state index is 6.61. The quantitative estimate of drug-likeness (QED) is 0.244. The van der Waals surface area contributed by atoms with Crippen LogP contribution < -0.4 is 9.47 Å². The Labute approximate surface area is 203 Å². The van der Waals surface area contributed by atoms with Gasteiger partial charge in [-0.05, 0) is 24.5 Å². The van der Waals surface area contributed by atoms with Gasteiger partial charge in [0, 0.05) is 35.0 Å². The van der Waals surface area contributed by atoms with Crippen molar-refractivity contribution in [3.63, 3.8) is 0 Å². The second-order valence-electron chi connectivity index (χ2n) is 7.15. The Morgan fingerprint density at radius 1 is 1.06 bits per heavy atom. The van der Waals surface area contributed by atoms with E-state index in [9.17, 15) is 0 Å². The number of aromatic amines is 1. The molecule has 0 aliphatic carbocycles. The van der Waals surface area contributed by atoms with E-state index in [0.29, 0.717) is 33.9 Å². The van der Waals surface area contributed by atoms with Gasteiger partial charge in [0.25, 0.3) is 0 Å². The van der Waals surface area contributed by atoms with Crippen molar-refractivity contribution in [1.82, 2.24) is 29.7 Å². The molecule has 0 fully saturated rings. The molecule has 0 amide bonds. The number of thioether (sulfide) groups is 1. The van der Waals surface area contributed by atoms with Gasteiger partial charge in [-0.2, -0.15) is 5.10 Å². The smallest absolute Gasteiger partial charge is 0.179 e. The monoisotopic (exact) mass is 500 g/mol. The van der Waals surface area contributed by atoms with Crippen molar-refractivity contribution >= 4 is 57.0 Å². The van der Waals surface area contributed by atoms with Crippen LogP contribution in [0, 0.1) is 0 Å². The van der Waals surface area contributed by atoms with E-state index in [0.717, 1.165) is 38.4 Å². The summed E-state index contributed by atoms with van der Waals surface area (Å²) in [6.45, 7) is 0.426. The van der Waals surface area contributed by atoms with E-state index in [1.54, 1.807) is 32.5 Å². The van der Waals surface area contributed by atoms with Gasteiger partial charge >= 0.3 is 0 Å². The highest BCUT2D eigenvalue weighted by Crippen LogP contribution is 2.41. The number of H-pyrrole nitrogens is 1. The summed E-state index contributed by atoms with van der Waals surface area (Å²) in [5.41, 5.74) is 3.79. The number of rotatable bonds is 6. The first-order chi connectivity index (χ1) is 16.0. The summed E-state index contributed by atoms with van der Waals surface area (Å²) in [6, 6.07) is 7.17. The Hall–Kier alpha value is -3.01. The zero-order valence-corrected chi connectivity index (χ0v) is 20.2. The number of halogens is 2. The average molecular weight is 501 g/mol. The average Bonchev–Trinajstić information content (AvgIpc) is 3.41. The van der Waals surface area contributed by atoms with Crippen LogP contribution in [-0.4, -0.2) is 50.2 Å². The van der Waals surface area contributed by atoms with Crippen molar-refractivity contribution in [2.75, 3.05) is 20.5 Å². The molecule has 168 valence electrons. The molecule has 0 radical (unpaired) electrons. The molecule has 1 aromatic carbocycles. The molecular formula is C22H18Cl2N6O2S. The lowest BCUT2D eigenvalue weighted by Crippen LogP contribution is -2.01. The highest BCUT2D eigenvalue weighted by atomic mass is 35.5. The predicted octanol–water partition coefficient (Wildman–Crippen LogP) is 5.46. The van der Waals surface area contributed by atoms with Crippen LogP contribution in [-0.2, 0) is 6.54 Å². The second-order valence-corrected chi connectivity index (χ2v) is 8.74. The van der Waals surface area contributed by atoms with Crippen LogP contribution >= 0.6 is 35.0 Å². The van der Waals surface area contributed by atoms with Crippen LogP contribution in [0.1, 0.15) is 5.82 Å². The summed E-state index contributed by atoms with van der Waals surface area (Å²) in [6.07, 6.45) is 5.74. The number of hydrogen-bond acceptors (Lipinski definition) is 7. The summed E-state index contributed by atoms with van der Waals surface area (Å²) in [4.78, 5) is 16.7. The Morgan fingerprint density at radius 3 is 2.61 bits per heavy atom. The second kappa shape index (κ2) is 8.74. The van der Waals surface area contributed by atoms with E-state index in [-0.39, 0.29) is 0 Å². The molecule has 0 aliphatic rings. The van der Waals surface area contributed by atoms with Crippen LogP contribution in [0.25, 0.3) is 33.2 Å². The Kier molecular flexibility index (Phi) is 5.77. The molecule has 5 rings (SSSR count). The fraction of sp³-hybridized carbons (Fsp3) is 0.182. The summed E-state index contributed by atoms with van der Waals surface area (Å²) >= 11 is 14.1. The Balaban J connectivity index is 1.62. The maximum atomic E-state index is 6.61. The number of hydrogen-bond donors (Lipinski definition) is 1. The summed E-state index contributed by atoms with van der Waals surface area (Å²) in [5.74, 6) is 1.86. The minimum Gasteiger partial charge on any atom is -0.493 e. The van der Waals surface area contributed by atoms with Crippen LogP contribution in [0.5, 0.6) is 11.5 Å². The molecule has 0 saturated carbocycles. The van der Waals surface area contributed by atoms with Crippen LogP contribution in [0.2, 0.25) is 10.2 Å². The van der Waals surface area contributed by atoms with Crippen LogP contribution in [0.15, 0.2) is 41.7 Å². The predicted molar refractivity (Wildman–Crippen MR) is 131 cm³/mol. The topological polar surface area (TPSA) is 90.7 Å². The Bertz CT molecular complexity index is 1500. The van der Waals surface area contributed by atoms with Crippen molar-refractivity contribution in [1.29, 1.82) is 0 Å². The first kappa shape index (κ1) is 21.8. The van der Waals surface area contributed by atoms with Crippen molar-refractivity contribution in [3.8, 4) is 22.6 Å². The normalized spacial score (nSPS) is 11.4. The third-order valence-corrected chi connectivity index (χ3v) is 6.40. The molecule has 4 aromatic heterocycles. The first-order valence-corrected chi connectivity index (χ1v) is 11.8. The summed E-state index contributed by atoms with van der Waals surface area (Å²) in [7, 11) is 3.17. The molecule has 0 saturated heterocycles. The van der Waals surface area contributed by atoms with E-state index in [4.69, 9.17) is 37.8 Å². The van der Waals surface area contributed by atoms with E-state index in [1.165, 1.54) is 11.8 Å². The van der Waals surface area contributed by atoms with Crippen molar-refractivity contribution in [2.24, 2.45) is 0 Å². The van der Waals surface area contributed by atoms with E-state index in [1.807, 2.05) is 29.3 Å². The number of ether oxygens (including phenoxy) is 2. The van der Waals surface area contributed by atoms with Crippen LogP contribution in [0.3, 0.4) is 0 Å². The summed E-state index contributed by atoms with van der Waals surface area (Å²) < 4.78 is 12.7.